The Kier molecular flexibility index (Phi) is 4.87. The Morgan fingerprint density at radius 3 is 2.71 bits per heavy atom. The zero-order chi connectivity index (χ0) is 12.8. The third-order valence-electron chi connectivity index (χ3n) is 2.49. The summed E-state index contributed by atoms with van der Waals surface area (Å²) >= 11 is 0. The fourth-order valence-electron chi connectivity index (χ4n) is 1.33. The second-order valence-corrected chi connectivity index (χ2v) is 4.20. The minimum atomic E-state index is -0.0821. The molecule has 1 amide bonds. The molecule has 0 saturated carbocycles. The van der Waals surface area contributed by atoms with E-state index in [0.717, 1.165) is 19.3 Å². The molecular formula is C12H19N3O2. The molecule has 0 saturated heterocycles. The van der Waals surface area contributed by atoms with Gasteiger partial charge in [0.25, 0.3) is 0 Å². The Labute approximate surface area is 102 Å². The Morgan fingerprint density at radius 1 is 1.47 bits per heavy atom. The van der Waals surface area contributed by atoms with Crippen LogP contribution >= 0.6 is 0 Å². The molecule has 1 aromatic rings. The number of aromatic hydroxyl groups is 1. The summed E-state index contributed by atoms with van der Waals surface area (Å²) in [5.41, 5.74) is 0.476. The molecule has 0 unspecified atom stereocenters. The molecule has 0 spiro atoms. The van der Waals surface area contributed by atoms with Crippen LogP contribution in [-0.4, -0.2) is 40.0 Å². The van der Waals surface area contributed by atoms with E-state index in [9.17, 15) is 9.90 Å². The Balaban J connectivity index is 2.72. The van der Waals surface area contributed by atoms with Crippen molar-refractivity contribution in [3.8, 4) is 5.88 Å². The fourth-order valence-corrected chi connectivity index (χ4v) is 1.33. The summed E-state index contributed by atoms with van der Waals surface area (Å²) in [6.45, 7) is 2.09. The average molecular weight is 237 g/mol. The van der Waals surface area contributed by atoms with E-state index in [2.05, 4.69) is 16.9 Å². The lowest BCUT2D eigenvalue weighted by atomic mass is 10.2. The van der Waals surface area contributed by atoms with Crippen molar-refractivity contribution in [1.29, 1.82) is 0 Å². The van der Waals surface area contributed by atoms with Crippen molar-refractivity contribution in [3.63, 3.8) is 0 Å². The highest BCUT2D eigenvalue weighted by Gasteiger charge is 2.11. The summed E-state index contributed by atoms with van der Waals surface area (Å²) in [5.74, 6) is 0.469. The number of aromatic nitrogens is 2. The molecule has 0 fully saturated rings. The van der Waals surface area contributed by atoms with Crippen LogP contribution in [0, 0.1) is 0 Å². The van der Waals surface area contributed by atoms with Crippen molar-refractivity contribution in [2.24, 2.45) is 0 Å². The van der Waals surface area contributed by atoms with Gasteiger partial charge in [-0.3, -0.25) is 4.79 Å². The number of carbonyl (C=O) groups excluding carboxylic acids is 1. The van der Waals surface area contributed by atoms with Gasteiger partial charge in [-0.2, -0.15) is 4.98 Å². The van der Waals surface area contributed by atoms with E-state index in [-0.39, 0.29) is 18.2 Å². The quantitative estimate of drug-likeness (QED) is 0.834. The topological polar surface area (TPSA) is 66.3 Å². The van der Waals surface area contributed by atoms with Gasteiger partial charge in [0.1, 0.15) is 5.82 Å². The molecule has 1 N–H and O–H groups in total. The van der Waals surface area contributed by atoms with E-state index in [1.807, 2.05) is 0 Å². The lowest BCUT2D eigenvalue weighted by Crippen LogP contribution is -2.23. The van der Waals surface area contributed by atoms with E-state index in [0.29, 0.717) is 11.4 Å². The number of carbonyl (C=O) groups is 1. The molecule has 1 rings (SSSR count). The van der Waals surface area contributed by atoms with Gasteiger partial charge in [-0.05, 0) is 6.42 Å². The average Bonchev–Trinajstić information content (AvgIpc) is 2.29. The molecule has 1 heterocycles. The van der Waals surface area contributed by atoms with Crippen LogP contribution in [0.5, 0.6) is 5.88 Å². The molecule has 0 atom stereocenters. The number of likely N-dealkylation sites (N-methyl/N-ethyl adjacent to an activating group) is 1. The van der Waals surface area contributed by atoms with Crippen molar-refractivity contribution in [2.45, 2.75) is 32.6 Å². The zero-order valence-electron chi connectivity index (χ0n) is 10.6. The highest BCUT2D eigenvalue weighted by atomic mass is 16.3. The maximum Gasteiger partial charge on any atom is 0.226 e. The molecule has 0 aliphatic rings. The Bertz CT molecular complexity index is 391. The first-order valence-corrected chi connectivity index (χ1v) is 5.78. The molecule has 0 aliphatic heterocycles. The molecule has 1 aromatic heterocycles. The number of amides is 1. The van der Waals surface area contributed by atoms with Crippen LogP contribution in [0.1, 0.15) is 31.2 Å². The summed E-state index contributed by atoms with van der Waals surface area (Å²) in [6, 6.07) is 0. The number of aryl methyl sites for hydroxylation is 1. The molecule has 17 heavy (non-hydrogen) atoms. The van der Waals surface area contributed by atoms with Gasteiger partial charge in [-0.1, -0.05) is 13.3 Å². The van der Waals surface area contributed by atoms with Gasteiger partial charge >= 0.3 is 0 Å². The maximum atomic E-state index is 11.5. The van der Waals surface area contributed by atoms with Crippen LogP contribution in [0.3, 0.4) is 0 Å². The van der Waals surface area contributed by atoms with Crippen molar-refractivity contribution < 1.29 is 9.90 Å². The number of nitrogens with zero attached hydrogens (tertiary/aromatic N) is 3. The van der Waals surface area contributed by atoms with Crippen LogP contribution in [0.25, 0.3) is 0 Å². The maximum absolute atomic E-state index is 11.5. The van der Waals surface area contributed by atoms with Crippen molar-refractivity contribution in [2.75, 3.05) is 14.1 Å². The van der Waals surface area contributed by atoms with Gasteiger partial charge in [-0.25, -0.2) is 4.98 Å². The second kappa shape index (κ2) is 6.18. The first kappa shape index (κ1) is 13.4. The standard InChI is InChI=1S/C12H19N3O2/c1-4-5-6-10-13-8-9(12(17)14-10)7-11(16)15(2)3/h8H,4-7H2,1-3H3,(H,13,14,17). The minimum absolute atomic E-state index is 0.0785. The highest BCUT2D eigenvalue weighted by molar-refractivity contribution is 5.78. The summed E-state index contributed by atoms with van der Waals surface area (Å²) in [4.78, 5) is 21.1. The number of hydrogen-bond acceptors (Lipinski definition) is 4. The van der Waals surface area contributed by atoms with E-state index < -0.39 is 0 Å². The number of rotatable bonds is 5. The molecule has 0 bridgehead atoms. The molecule has 5 nitrogen and oxygen atoms in total. The SMILES string of the molecule is CCCCc1ncc(CC(=O)N(C)C)c(O)n1. The van der Waals surface area contributed by atoms with Crippen LogP contribution in [0.2, 0.25) is 0 Å². The van der Waals surface area contributed by atoms with Gasteiger partial charge < -0.3 is 10.0 Å². The summed E-state index contributed by atoms with van der Waals surface area (Å²) in [7, 11) is 3.35. The predicted octanol–water partition coefficient (Wildman–Crippen LogP) is 1.16. The largest absolute Gasteiger partial charge is 0.493 e. The van der Waals surface area contributed by atoms with E-state index in [4.69, 9.17) is 0 Å². The highest BCUT2D eigenvalue weighted by Crippen LogP contribution is 2.14. The predicted molar refractivity (Wildman–Crippen MR) is 64.7 cm³/mol. The van der Waals surface area contributed by atoms with Crippen LogP contribution in [0.15, 0.2) is 6.20 Å². The van der Waals surface area contributed by atoms with Gasteiger partial charge in [-0.15, -0.1) is 0 Å². The third-order valence-corrected chi connectivity index (χ3v) is 2.49. The lowest BCUT2D eigenvalue weighted by Gasteiger charge is -2.10. The second-order valence-electron chi connectivity index (χ2n) is 4.20. The summed E-state index contributed by atoms with van der Waals surface area (Å²) < 4.78 is 0. The zero-order valence-corrected chi connectivity index (χ0v) is 10.6. The van der Waals surface area contributed by atoms with Gasteiger partial charge in [0.05, 0.1) is 6.42 Å². The van der Waals surface area contributed by atoms with Gasteiger partial charge in [0, 0.05) is 32.3 Å². The van der Waals surface area contributed by atoms with Crippen LogP contribution in [-0.2, 0) is 17.6 Å². The number of hydrogen-bond donors (Lipinski definition) is 1. The van der Waals surface area contributed by atoms with Crippen LogP contribution in [0.4, 0.5) is 0 Å². The minimum Gasteiger partial charge on any atom is -0.493 e. The summed E-state index contributed by atoms with van der Waals surface area (Å²) in [5, 5.41) is 9.70. The fraction of sp³-hybridized carbons (Fsp3) is 0.583. The first-order valence-electron chi connectivity index (χ1n) is 5.78. The lowest BCUT2D eigenvalue weighted by molar-refractivity contribution is -0.128. The van der Waals surface area contributed by atoms with Crippen molar-refractivity contribution >= 4 is 5.91 Å². The van der Waals surface area contributed by atoms with E-state index in [1.165, 1.54) is 11.1 Å². The normalized spacial score (nSPS) is 10.3. The van der Waals surface area contributed by atoms with Gasteiger partial charge in [0.2, 0.25) is 11.8 Å². The third kappa shape index (κ3) is 4.01. The molecule has 94 valence electrons. The Hall–Kier alpha value is -1.65. The van der Waals surface area contributed by atoms with Gasteiger partial charge in [0.15, 0.2) is 0 Å². The molecule has 0 radical (unpaired) electrons. The molecule has 0 aliphatic carbocycles. The molecular weight excluding hydrogens is 218 g/mol. The first-order chi connectivity index (χ1) is 8.04. The van der Waals surface area contributed by atoms with E-state index in [1.54, 1.807) is 14.1 Å². The van der Waals surface area contributed by atoms with Crippen molar-refractivity contribution in [3.05, 3.63) is 17.6 Å². The smallest absolute Gasteiger partial charge is 0.226 e. The molecule has 5 heteroatoms. The van der Waals surface area contributed by atoms with E-state index >= 15 is 0 Å². The Morgan fingerprint density at radius 2 is 2.18 bits per heavy atom. The van der Waals surface area contributed by atoms with Crippen LogP contribution < -0.4 is 0 Å². The summed E-state index contributed by atoms with van der Waals surface area (Å²) in [6.07, 6.45) is 4.48. The monoisotopic (exact) mass is 237 g/mol. The van der Waals surface area contributed by atoms with Crippen molar-refractivity contribution in [1.82, 2.24) is 14.9 Å². The number of unbranched alkanes of at least 4 members (excludes halogenated alkanes) is 1. The molecule has 0 aromatic carbocycles.